The summed E-state index contributed by atoms with van der Waals surface area (Å²) in [5, 5.41) is -0.358. The van der Waals surface area contributed by atoms with Gasteiger partial charge in [0.2, 0.25) is 10.0 Å². The third-order valence-corrected chi connectivity index (χ3v) is 4.32. The van der Waals surface area contributed by atoms with Gasteiger partial charge in [-0.25, -0.2) is 13.1 Å². The van der Waals surface area contributed by atoms with Crippen molar-refractivity contribution in [3.63, 3.8) is 0 Å². The van der Waals surface area contributed by atoms with E-state index < -0.39 is 10.0 Å². The van der Waals surface area contributed by atoms with Crippen LogP contribution in [0.3, 0.4) is 0 Å². The molecule has 0 aromatic rings. The summed E-state index contributed by atoms with van der Waals surface area (Å²) in [6, 6.07) is 0. The van der Waals surface area contributed by atoms with Crippen LogP contribution in [0.5, 0.6) is 0 Å². The molecular formula is C9H19ClN2O2S. The quantitative estimate of drug-likeness (QED) is 0.715. The molecule has 0 spiro atoms. The largest absolute Gasteiger partial charge is 0.303 e. The SMILES string of the molecule is CC(CNS(=O)(=O)CCl)CN1CCCC1. The van der Waals surface area contributed by atoms with Crippen LogP contribution in [-0.4, -0.2) is 44.7 Å². The first-order chi connectivity index (χ1) is 7.03. The van der Waals surface area contributed by atoms with Crippen LogP contribution in [0, 0.1) is 5.92 Å². The second-order valence-electron chi connectivity index (χ2n) is 4.19. The van der Waals surface area contributed by atoms with E-state index in [0.29, 0.717) is 12.5 Å². The Balaban J connectivity index is 2.20. The van der Waals surface area contributed by atoms with Crippen molar-refractivity contribution in [3.8, 4) is 0 Å². The van der Waals surface area contributed by atoms with E-state index >= 15 is 0 Å². The van der Waals surface area contributed by atoms with Crippen molar-refractivity contribution >= 4 is 21.6 Å². The summed E-state index contributed by atoms with van der Waals surface area (Å²) in [5.41, 5.74) is 0. The van der Waals surface area contributed by atoms with E-state index in [0.717, 1.165) is 19.6 Å². The Bertz CT molecular complexity index is 276. The fourth-order valence-corrected chi connectivity index (χ4v) is 2.63. The second kappa shape index (κ2) is 6.03. The maximum Gasteiger partial charge on any atom is 0.225 e. The van der Waals surface area contributed by atoms with Gasteiger partial charge in [0.15, 0.2) is 0 Å². The molecule has 1 rings (SSSR count). The second-order valence-corrected chi connectivity index (χ2v) is 6.58. The van der Waals surface area contributed by atoms with E-state index in [2.05, 4.69) is 16.5 Å². The Hall–Kier alpha value is 0.160. The molecule has 15 heavy (non-hydrogen) atoms. The maximum atomic E-state index is 11.1. The molecule has 0 bridgehead atoms. The van der Waals surface area contributed by atoms with Gasteiger partial charge in [-0.2, -0.15) is 0 Å². The number of hydrogen-bond donors (Lipinski definition) is 1. The van der Waals surface area contributed by atoms with Crippen molar-refractivity contribution in [2.75, 3.05) is 31.4 Å². The summed E-state index contributed by atoms with van der Waals surface area (Å²) in [4.78, 5) is 2.37. The van der Waals surface area contributed by atoms with Gasteiger partial charge in [0.1, 0.15) is 5.21 Å². The van der Waals surface area contributed by atoms with Crippen molar-refractivity contribution in [3.05, 3.63) is 0 Å². The summed E-state index contributed by atoms with van der Waals surface area (Å²) >= 11 is 5.29. The highest BCUT2D eigenvalue weighted by Crippen LogP contribution is 2.09. The minimum Gasteiger partial charge on any atom is -0.303 e. The molecule has 1 aliphatic rings. The van der Waals surface area contributed by atoms with E-state index in [1.165, 1.54) is 12.8 Å². The first-order valence-corrected chi connectivity index (χ1v) is 7.48. The summed E-state index contributed by atoms with van der Waals surface area (Å²) in [6.07, 6.45) is 2.53. The van der Waals surface area contributed by atoms with Gasteiger partial charge in [0.05, 0.1) is 0 Å². The normalized spacial score (nSPS) is 20.7. The molecule has 0 saturated carbocycles. The Morgan fingerprint density at radius 2 is 2.00 bits per heavy atom. The Morgan fingerprint density at radius 3 is 2.53 bits per heavy atom. The van der Waals surface area contributed by atoms with E-state index in [4.69, 9.17) is 11.6 Å². The van der Waals surface area contributed by atoms with Crippen LogP contribution >= 0.6 is 11.6 Å². The van der Waals surface area contributed by atoms with E-state index in [9.17, 15) is 8.42 Å². The van der Waals surface area contributed by atoms with Crippen LogP contribution in [-0.2, 0) is 10.0 Å². The highest BCUT2D eigenvalue weighted by molar-refractivity contribution is 7.90. The lowest BCUT2D eigenvalue weighted by molar-refractivity contribution is 0.288. The highest BCUT2D eigenvalue weighted by Gasteiger charge is 2.16. The highest BCUT2D eigenvalue weighted by atomic mass is 35.5. The van der Waals surface area contributed by atoms with E-state index in [1.54, 1.807) is 0 Å². The molecule has 6 heteroatoms. The van der Waals surface area contributed by atoms with Gasteiger partial charge < -0.3 is 4.90 Å². The third-order valence-electron chi connectivity index (χ3n) is 2.56. The van der Waals surface area contributed by atoms with Gasteiger partial charge in [0, 0.05) is 13.1 Å². The molecule has 1 saturated heterocycles. The predicted molar refractivity (Wildman–Crippen MR) is 62.5 cm³/mol. The zero-order valence-corrected chi connectivity index (χ0v) is 10.6. The van der Waals surface area contributed by atoms with Crippen LogP contribution in [0.25, 0.3) is 0 Å². The molecule has 1 aliphatic heterocycles. The molecule has 0 radical (unpaired) electrons. The molecule has 0 amide bonds. The lowest BCUT2D eigenvalue weighted by Crippen LogP contribution is -2.34. The molecule has 4 nitrogen and oxygen atoms in total. The fourth-order valence-electron chi connectivity index (χ4n) is 1.78. The third kappa shape index (κ3) is 5.15. The fraction of sp³-hybridized carbons (Fsp3) is 1.00. The zero-order valence-electron chi connectivity index (χ0n) is 9.08. The lowest BCUT2D eigenvalue weighted by Gasteiger charge is -2.20. The molecular weight excluding hydrogens is 236 g/mol. The van der Waals surface area contributed by atoms with Crippen LogP contribution in [0.15, 0.2) is 0 Å². The van der Waals surface area contributed by atoms with Crippen molar-refractivity contribution in [2.45, 2.75) is 19.8 Å². The Labute approximate surface area is 97.0 Å². The van der Waals surface area contributed by atoms with Gasteiger partial charge in [-0.3, -0.25) is 0 Å². The number of rotatable bonds is 6. The first-order valence-electron chi connectivity index (χ1n) is 5.29. The number of alkyl halides is 1. The Morgan fingerprint density at radius 1 is 1.40 bits per heavy atom. The van der Waals surface area contributed by atoms with Gasteiger partial charge in [-0.15, -0.1) is 11.6 Å². The minimum atomic E-state index is -3.25. The number of hydrogen-bond acceptors (Lipinski definition) is 3. The molecule has 0 aromatic carbocycles. The van der Waals surface area contributed by atoms with Crippen LogP contribution in [0.2, 0.25) is 0 Å². The first kappa shape index (κ1) is 13.2. The topological polar surface area (TPSA) is 49.4 Å². The minimum absolute atomic E-state index is 0.334. The van der Waals surface area contributed by atoms with E-state index in [1.807, 2.05) is 0 Å². The van der Waals surface area contributed by atoms with Crippen molar-refractivity contribution < 1.29 is 8.42 Å². The average Bonchev–Trinajstić information content (AvgIpc) is 2.68. The van der Waals surface area contributed by atoms with E-state index in [-0.39, 0.29) is 5.21 Å². The van der Waals surface area contributed by atoms with Gasteiger partial charge in [-0.05, 0) is 31.8 Å². The maximum absolute atomic E-state index is 11.1. The standard InChI is InChI=1S/C9H19ClN2O2S/c1-9(6-11-15(13,14)8-10)7-12-4-2-3-5-12/h9,11H,2-8H2,1H3. The number of halogens is 1. The van der Waals surface area contributed by atoms with Gasteiger partial charge in [0.25, 0.3) is 0 Å². The molecule has 1 heterocycles. The predicted octanol–water partition coefficient (Wildman–Crippen LogP) is 0.834. The number of likely N-dealkylation sites (tertiary alicyclic amines) is 1. The van der Waals surface area contributed by atoms with Gasteiger partial charge >= 0.3 is 0 Å². The summed E-state index contributed by atoms with van der Waals surface area (Å²) in [6.45, 7) is 5.78. The number of nitrogens with zero attached hydrogens (tertiary/aromatic N) is 1. The molecule has 1 N–H and O–H groups in total. The molecule has 90 valence electrons. The number of sulfonamides is 1. The van der Waals surface area contributed by atoms with Crippen LogP contribution < -0.4 is 4.72 Å². The molecule has 0 aliphatic carbocycles. The monoisotopic (exact) mass is 254 g/mol. The Kier molecular flexibility index (Phi) is 5.32. The molecule has 1 fully saturated rings. The van der Waals surface area contributed by atoms with Crippen LogP contribution in [0.1, 0.15) is 19.8 Å². The number of nitrogens with one attached hydrogen (secondary N) is 1. The van der Waals surface area contributed by atoms with Crippen molar-refractivity contribution in [1.82, 2.24) is 9.62 Å². The molecule has 0 aromatic heterocycles. The van der Waals surface area contributed by atoms with Crippen molar-refractivity contribution in [2.24, 2.45) is 5.92 Å². The summed E-state index contributed by atoms with van der Waals surface area (Å²) in [5.74, 6) is 0.334. The van der Waals surface area contributed by atoms with Crippen molar-refractivity contribution in [1.29, 1.82) is 0 Å². The summed E-state index contributed by atoms with van der Waals surface area (Å²) in [7, 11) is -3.25. The lowest BCUT2D eigenvalue weighted by atomic mass is 10.2. The van der Waals surface area contributed by atoms with Gasteiger partial charge in [-0.1, -0.05) is 6.92 Å². The van der Waals surface area contributed by atoms with Crippen LogP contribution in [0.4, 0.5) is 0 Å². The molecule has 1 unspecified atom stereocenters. The summed E-state index contributed by atoms with van der Waals surface area (Å²) < 4.78 is 24.7. The average molecular weight is 255 g/mol. The zero-order chi connectivity index (χ0) is 11.3. The molecule has 1 atom stereocenters. The smallest absolute Gasteiger partial charge is 0.225 e.